The first-order chi connectivity index (χ1) is 26.3. The molecule has 4 aromatic carbocycles. The number of nitrogens with one attached hydrogen (secondary N) is 1. The smallest absolute Gasteiger partial charge is 0.297 e. The molecule has 2 aliphatic heterocycles. The number of hydrogen-bond acceptors (Lipinski definition) is 8. The molecule has 6 aromatic rings. The van der Waals surface area contributed by atoms with Crippen LogP contribution in [-0.4, -0.2) is 55.9 Å². The van der Waals surface area contributed by atoms with Crippen molar-refractivity contribution in [1.29, 1.82) is 0 Å². The number of rotatable bonds is 10. The number of carbonyl (C=O) groups is 1. The van der Waals surface area contributed by atoms with Crippen molar-refractivity contribution in [3.63, 3.8) is 0 Å². The van der Waals surface area contributed by atoms with Crippen molar-refractivity contribution in [1.82, 2.24) is 15.1 Å². The van der Waals surface area contributed by atoms with Crippen LogP contribution < -0.4 is 15.0 Å². The van der Waals surface area contributed by atoms with Crippen LogP contribution in [0.5, 0.6) is 5.75 Å². The van der Waals surface area contributed by atoms with Crippen LogP contribution >= 0.6 is 11.3 Å². The van der Waals surface area contributed by atoms with Crippen molar-refractivity contribution in [3.8, 4) is 16.2 Å². The minimum atomic E-state index is -4.04. The zero-order valence-electron chi connectivity index (χ0n) is 29.8. The van der Waals surface area contributed by atoms with Crippen LogP contribution in [0.3, 0.4) is 0 Å². The summed E-state index contributed by atoms with van der Waals surface area (Å²) >= 11 is 1.39. The van der Waals surface area contributed by atoms with Crippen molar-refractivity contribution in [3.05, 3.63) is 155 Å². The molecule has 0 spiro atoms. The van der Waals surface area contributed by atoms with Crippen LogP contribution in [0.1, 0.15) is 51.2 Å². The Morgan fingerprint density at radius 3 is 2.06 bits per heavy atom. The number of ether oxygens (including phenoxy) is 1. The Hall–Kier alpha value is -5.23. The van der Waals surface area contributed by atoms with E-state index in [1.165, 1.54) is 11.3 Å². The average Bonchev–Trinajstić information content (AvgIpc) is 3.80. The molecule has 9 nitrogen and oxygen atoms in total. The van der Waals surface area contributed by atoms with E-state index < -0.39 is 21.7 Å². The lowest BCUT2D eigenvalue weighted by molar-refractivity contribution is 0.0882. The fourth-order valence-electron chi connectivity index (χ4n) is 8.26. The summed E-state index contributed by atoms with van der Waals surface area (Å²) in [5.74, 6) is 0.657. The predicted molar refractivity (Wildman–Crippen MR) is 210 cm³/mol. The van der Waals surface area contributed by atoms with Gasteiger partial charge >= 0.3 is 0 Å². The molecule has 1 aliphatic carbocycles. The first-order valence-electron chi connectivity index (χ1n) is 18.4. The zero-order chi connectivity index (χ0) is 36.9. The van der Waals surface area contributed by atoms with Crippen molar-refractivity contribution in [2.75, 3.05) is 24.7 Å². The topological polar surface area (TPSA) is 103 Å². The number of thiophene rings is 1. The van der Waals surface area contributed by atoms with Gasteiger partial charge in [-0.2, -0.15) is 13.5 Å². The van der Waals surface area contributed by atoms with Crippen molar-refractivity contribution < 1.29 is 22.1 Å². The second-order valence-corrected chi connectivity index (χ2v) is 16.9. The predicted octanol–water partition coefficient (Wildman–Crippen LogP) is 7.65. The van der Waals surface area contributed by atoms with Gasteiger partial charge in [0.25, 0.3) is 16.0 Å². The van der Waals surface area contributed by atoms with Crippen molar-refractivity contribution in [2.45, 2.75) is 48.7 Å². The first kappa shape index (κ1) is 34.5. The van der Waals surface area contributed by atoms with Crippen LogP contribution in [0.15, 0.2) is 133 Å². The standard InChI is InChI=1S/C43H40N4O5S2/c1-29-20-22-35(23-21-29)54(49,50)52-28-36-37(30-12-11-13-30)45-42(48)41-38-39(51-25-24-46(36)38)40(53-41)31-26-44-47(27-31)43(32-14-5-2-6-15-32,33-16-7-3-8-17-33)34-18-9-4-10-19-34/h2-10,14-23,26-27,30,36-37H,11-13,24-25,28H2,1H3,(H,45,48). The molecule has 0 saturated heterocycles. The Balaban J connectivity index is 1.14. The molecule has 0 bridgehead atoms. The molecular weight excluding hydrogens is 717 g/mol. The highest BCUT2D eigenvalue weighted by Crippen LogP contribution is 2.52. The molecule has 1 saturated carbocycles. The van der Waals surface area contributed by atoms with Crippen molar-refractivity contribution in [2.24, 2.45) is 5.92 Å². The molecule has 9 rings (SSSR count). The number of aromatic nitrogens is 2. The summed E-state index contributed by atoms with van der Waals surface area (Å²) in [6, 6.07) is 37.1. The van der Waals surface area contributed by atoms with E-state index in [-0.39, 0.29) is 29.4 Å². The summed E-state index contributed by atoms with van der Waals surface area (Å²) in [6.45, 7) is 2.67. The molecule has 1 fully saturated rings. The van der Waals surface area contributed by atoms with Gasteiger partial charge in [0.1, 0.15) is 22.7 Å². The molecule has 1 N–H and O–H groups in total. The highest BCUT2D eigenvalue weighted by Gasteiger charge is 2.46. The van der Waals surface area contributed by atoms with Gasteiger partial charge in [0.05, 0.1) is 41.2 Å². The Morgan fingerprint density at radius 2 is 1.48 bits per heavy atom. The number of benzene rings is 4. The van der Waals surface area contributed by atoms with E-state index in [0.29, 0.717) is 29.5 Å². The molecule has 2 atom stereocenters. The highest BCUT2D eigenvalue weighted by atomic mass is 32.2. The van der Waals surface area contributed by atoms with Gasteiger partial charge in [0.15, 0.2) is 5.75 Å². The normalized spacial score (nSPS) is 18.6. The molecule has 274 valence electrons. The van der Waals surface area contributed by atoms with Gasteiger partial charge in [-0.05, 0) is 54.5 Å². The van der Waals surface area contributed by atoms with Crippen LogP contribution in [0, 0.1) is 12.8 Å². The molecule has 4 heterocycles. The summed E-state index contributed by atoms with van der Waals surface area (Å²) in [5, 5.41) is 8.40. The molecule has 1 amide bonds. The Labute approximate surface area is 319 Å². The van der Waals surface area contributed by atoms with Gasteiger partial charge in [-0.25, -0.2) is 0 Å². The van der Waals surface area contributed by atoms with Crippen LogP contribution in [0.25, 0.3) is 10.4 Å². The van der Waals surface area contributed by atoms with Gasteiger partial charge in [0.2, 0.25) is 0 Å². The maximum atomic E-state index is 14.2. The fraction of sp³-hybridized carbons (Fsp3) is 0.256. The van der Waals surface area contributed by atoms with E-state index in [2.05, 4.69) is 46.6 Å². The number of anilines is 1. The quantitative estimate of drug-likeness (QED) is 0.113. The highest BCUT2D eigenvalue weighted by molar-refractivity contribution is 7.86. The molecule has 2 unspecified atom stereocenters. The maximum Gasteiger partial charge on any atom is 0.297 e. The SMILES string of the molecule is Cc1ccc(S(=O)(=O)OCC2C(C3CCC3)NC(=O)c3sc(-c4cnn(C(c5ccccc5)(c5ccccc5)c5ccccc5)c4)c4c3N2CCO4)cc1. The van der Waals surface area contributed by atoms with Gasteiger partial charge < -0.3 is 15.0 Å². The summed E-state index contributed by atoms with van der Waals surface area (Å²) < 4.78 is 41.2. The largest absolute Gasteiger partial charge is 0.488 e. The Bertz CT molecular complexity index is 2300. The lowest BCUT2D eigenvalue weighted by Crippen LogP contribution is -2.58. The molecule has 3 aliphatic rings. The summed E-state index contributed by atoms with van der Waals surface area (Å²) in [7, 11) is -4.04. The van der Waals surface area contributed by atoms with Crippen LogP contribution in [0.2, 0.25) is 0 Å². The fourth-order valence-corrected chi connectivity index (χ4v) is 10.3. The van der Waals surface area contributed by atoms with E-state index in [1.54, 1.807) is 24.3 Å². The lowest BCUT2D eigenvalue weighted by Gasteiger charge is -2.43. The summed E-state index contributed by atoms with van der Waals surface area (Å²) in [6.07, 6.45) is 6.89. The van der Waals surface area contributed by atoms with Crippen LogP contribution in [0.4, 0.5) is 5.69 Å². The number of amides is 1. The van der Waals surface area contributed by atoms with E-state index in [1.807, 2.05) is 78.6 Å². The molecular formula is C43H40N4O5S2. The van der Waals surface area contributed by atoms with E-state index >= 15 is 0 Å². The third-order valence-corrected chi connectivity index (χ3v) is 13.7. The number of aryl methyl sites for hydroxylation is 1. The van der Waals surface area contributed by atoms with Crippen LogP contribution in [-0.2, 0) is 19.8 Å². The first-order valence-corrected chi connectivity index (χ1v) is 20.6. The van der Waals surface area contributed by atoms with E-state index in [4.69, 9.17) is 14.0 Å². The second kappa shape index (κ2) is 13.9. The monoisotopic (exact) mass is 756 g/mol. The molecule has 2 aromatic heterocycles. The zero-order valence-corrected chi connectivity index (χ0v) is 31.4. The van der Waals surface area contributed by atoms with E-state index in [0.717, 1.165) is 52.0 Å². The maximum absolute atomic E-state index is 14.2. The Morgan fingerprint density at radius 1 is 0.870 bits per heavy atom. The molecule has 11 heteroatoms. The lowest BCUT2D eigenvalue weighted by atomic mass is 9.76. The third-order valence-electron chi connectivity index (χ3n) is 11.1. The van der Waals surface area contributed by atoms with Gasteiger partial charge in [-0.15, -0.1) is 11.3 Å². The molecule has 0 radical (unpaired) electrons. The van der Waals surface area contributed by atoms with Gasteiger partial charge in [0, 0.05) is 11.8 Å². The third kappa shape index (κ3) is 5.82. The minimum Gasteiger partial charge on any atom is -0.488 e. The number of nitrogens with zero attached hydrogens (tertiary/aromatic N) is 3. The number of carbonyl (C=O) groups excluding carboxylic acids is 1. The average molecular weight is 757 g/mol. The second-order valence-electron chi connectivity index (χ2n) is 14.3. The minimum absolute atomic E-state index is 0.104. The van der Waals surface area contributed by atoms with Crippen molar-refractivity contribution >= 4 is 33.0 Å². The van der Waals surface area contributed by atoms with Gasteiger partial charge in [-0.3, -0.25) is 13.7 Å². The summed E-state index contributed by atoms with van der Waals surface area (Å²) in [5.41, 5.74) is 4.81. The Kier molecular flexibility index (Phi) is 8.88. The van der Waals surface area contributed by atoms with Gasteiger partial charge in [-0.1, -0.05) is 115 Å². The number of hydrogen-bond donors (Lipinski definition) is 1. The summed E-state index contributed by atoms with van der Waals surface area (Å²) in [4.78, 5) is 17.8. The molecule has 54 heavy (non-hydrogen) atoms. The van der Waals surface area contributed by atoms with E-state index in [9.17, 15) is 13.2 Å².